The molecule has 0 aliphatic carbocycles. The van der Waals surface area contributed by atoms with Crippen LogP contribution in [0.1, 0.15) is 50.6 Å². The second-order valence-electron chi connectivity index (χ2n) is 5.59. The van der Waals surface area contributed by atoms with Gasteiger partial charge in [-0.15, -0.1) is 0 Å². The number of esters is 1. The molecule has 4 heteroatoms. The maximum Gasteiger partial charge on any atom is 0.307 e. The van der Waals surface area contributed by atoms with E-state index in [4.69, 9.17) is 16.3 Å². The van der Waals surface area contributed by atoms with Gasteiger partial charge in [-0.3, -0.25) is 9.69 Å². The van der Waals surface area contributed by atoms with Crippen molar-refractivity contribution in [2.45, 2.75) is 45.1 Å². The highest BCUT2D eigenvalue weighted by atomic mass is 35.5. The van der Waals surface area contributed by atoms with Gasteiger partial charge < -0.3 is 4.74 Å². The number of hydrogen-bond donors (Lipinski definition) is 0. The smallest absolute Gasteiger partial charge is 0.307 e. The second kappa shape index (κ2) is 8.40. The number of nitrogens with zero attached hydrogens (tertiary/aromatic N) is 1. The average Bonchev–Trinajstić information content (AvgIpc) is 2.52. The number of ether oxygens (including phenoxy) is 1. The third kappa shape index (κ3) is 5.01. The molecule has 1 aliphatic rings. The van der Waals surface area contributed by atoms with Gasteiger partial charge in [0.05, 0.1) is 13.0 Å². The lowest BCUT2D eigenvalue weighted by Gasteiger charge is -2.34. The Morgan fingerprint density at radius 1 is 1.24 bits per heavy atom. The molecule has 1 aliphatic heterocycles. The highest BCUT2D eigenvalue weighted by Crippen LogP contribution is 2.28. The van der Waals surface area contributed by atoms with E-state index >= 15 is 0 Å². The first-order valence-corrected chi connectivity index (χ1v) is 8.23. The first-order chi connectivity index (χ1) is 10.2. The molecule has 0 radical (unpaired) electrons. The Hall–Kier alpha value is -1.06. The average molecular weight is 310 g/mol. The van der Waals surface area contributed by atoms with Crippen molar-refractivity contribution < 1.29 is 9.53 Å². The van der Waals surface area contributed by atoms with Gasteiger partial charge in [0.2, 0.25) is 0 Å². The standard InChI is InChI=1S/C17H24ClNO2/c1-2-12-21-17(20)13-16(19-10-4-3-5-11-19)14-6-8-15(18)9-7-14/h6-9,16H,2-5,10-13H2,1H3. The van der Waals surface area contributed by atoms with Gasteiger partial charge in [-0.1, -0.05) is 37.1 Å². The molecular weight excluding hydrogens is 286 g/mol. The number of rotatable bonds is 6. The molecule has 1 atom stereocenters. The fourth-order valence-corrected chi connectivity index (χ4v) is 2.93. The Bertz CT molecular complexity index is 441. The first-order valence-electron chi connectivity index (χ1n) is 7.86. The minimum atomic E-state index is -0.109. The summed E-state index contributed by atoms with van der Waals surface area (Å²) in [5.41, 5.74) is 1.15. The Morgan fingerprint density at radius 2 is 1.90 bits per heavy atom. The largest absolute Gasteiger partial charge is 0.466 e. The number of benzene rings is 1. The molecule has 21 heavy (non-hydrogen) atoms. The second-order valence-corrected chi connectivity index (χ2v) is 6.03. The zero-order valence-corrected chi connectivity index (χ0v) is 13.4. The highest BCUT2D eigenvalue weighted by Gasteiger charge is 2.25. The van der Waals surface area contributed by atoms with Crippen molar-refractivity contribution in [1.82, 2.24) is 4.90 Å². The summed E-state index contributed by atoms with van der Waals surface area (Å²) in [6.45, 7) is 4.61. The van der Waals surface area contributed by atoms with Crippen LogP contribution >= 0.6 is 11.6 Å². The SMILES string of the molecule is CCCOC(=O)CC(c1ccc(Cl)cc1)N1CCCCC1. The first kappa shape index (κ1) is 16.3. The molecule has 0 N–H and O–H groups in total. The Morgan fingerprint density at radius 3 is 2.52 bits per heavy atom. The van der Waals surface area contributed by atoms with E-state index < -0.39 is 0 Å². The highest BCUT2D eigenvalue weighted by molar-refractivity contribution is 6.30. The molecule has 0 bridgehead atoms. The number of carbonyl (C=O) groups is 1. The summed E-state index contributed by atoms with van der Waals surface area (Å²) in [7, 11) is 0. The summed E-state index contributed by atoms with van der Waals surface area (Å²) in [6.07, 6.45) is 4.97. The van der Waals surface area contributed by atoms with Crippen LogP contribution in [-0.2, 0) is 9.53 Å². The summed E-state index contributed by atoms with van der Waals surface area (Å²) in [5.74, 6) is -0.109. The van der Waals surface area contributed by atoms with E-state index in [1.54, 1.807) is 0 Å². The fourth-order valence-electron chi connectivity index (χ4n) is 2.81. The molecule has 1 aromatic carbocycles. The number of carbonyl (C=O) groups excluding carboxylic acids is 1. The molecule has 0 amide bonds. The number of piperidine rings is 1. The quantitative estimate of drug-likeness (QED) is 0.737. The summed E-state index contributed by atoms with van der Waals surface area (Å²) in [6, 6.07) is 7.94. The molecule has 0 aromatic heterocycles. The number of likely N-dealkylation sites (tertiary alicyclic amines) is 1. The van der Waals surface area contributed by atoms with Crippen molar-refractivity contribution in [2.24, 2.45) is 0 Å². The Balaban J connectivity index is 2.09. The lowest BCUT2D eigenvalue weighted by atomic mass is 9.99. The molecule has 2 rings (SSSR count). The molecular formula is C17H24ClNO2. The van der Waals surface area contributed by atoms with Crippen LogP contribution in [0.5, 0.6) is 0 Å². The van der Waals surface area contributed by atoms with Gasteiger partial charge in [0.25, 0.3) is 0 Å². The molecule has 0 saturated carbocycles. The molecule has 0 spiro atoms. The van der Waals surface area contributed by atoms with E-state index in [1.165, 1.54) is 19.3 Å². The predicted octanol–water partition coefficient (Wildman–Crippen LogP) is 4.21. The molecule has 1 heterocycles. The molecule has 1 unspecified atom stereocenters. The van der Waals surface area contributed by atoms with Gasteiger partial charge in [-0.25, -0.2) is 0 Å². The predicted molar refractivity (Wildman–Crippen MR) is 85.5 cm³/mol. The van der Waals surface area contributed by atoms with E-state index in [1.807, 2.05) is 31.2 Å². The molecule has 3 nitrogen and oxygen atoms in total. The van der Waals surface area contributed by atoms with Crippen LogP contribution in [0.4, 0.5) is 0 Å². The third-order valence-corrected chi connectivity index (χ3v) is 4.17. The Kier molecular flexibility index (Phi) is 6.52. The van der Waals surface area contributed by atoms with Crippen LogP contribution in [0.25, 0.3) is 0 Å². The fraction of sp³-hybridized carbons (Fsp3) is 0.588. The zero-order valence-electron chi connectivity index (χ0n) is 12.7. The van der Waals surface area contributed by atoms with Gasteiger partial charge in [0, 0.05) is 11.1 Å². The lowest BCUT2D eigenvalue weighted by molar-refractivity contribution is -0.145. The van der Waals surface area contributed by atoms with Crippen LogP contribution in [0.3, 0.4) is 0 Å². The molecule has 1 saturated heterocycles. The van der Waals surface area contributed by atoms with E-state index in [0.717, 1.165) is 30.1 Å². The summed E-state index contributed by atoms with van der Waals surface area (Å²) in [4.78, 5) is 14.4. The van der Waals surface area contributed by atoms with Crippen LogP contribution in [0.15, 0.2) is 24.3 Å². The van der Waals surface area contributed by atoms with Crippen molar-refractivity contribution >= 4 is 17.6 Å². The van der Waals surface area contributed by atoms with Gasteiger partial charge in [-0.2, -0.15) is 0 Å². The van der Waals surface area contributed by atoms with E-state index in [0.29, 0.717) is 13.0 Å². The van der Waals surface area contributed by atoms with Crippen molar-refractivity contribution in [3.63, 3.8) is 0 Å². The number of halogens is 1. The van der Waals surface area contributed by atoms with Crippen LogP contribution in [-0.4, -0.2) is 30.6 Å². The summed E-state index contributed by atoms with van der Waals surface area (Å²) in [5, 5.41) is 0.727. The minimum Gasteiger partial charge on any atom is -0.466 e. The van der Waals surface area contributed by atoms with Crippen molar-refractivity contribution in [3.8, 4) is 0 Å². The van der Waals surface area contributed by atoms with E-state index in [2.05, 4.69) is 4.90 Å². The van der Waals surface area contributed by atoms with Crippen molar-refractivity contribution in [2.75, 3.05) is 19.7 Å². The molecule has 116 valence electrons. The maximum absolute atomic E-state index is 12.0. The van der Waals surface area contributed by atoms with Crippen LogP contribution in [0, 0.1) is 0 Å². The van der Waals surface area contributed by atoms with Gasteiger partial charge in [-0.05, 0) is 50.0 Å². The monoisotopic (exact) mass is 309 g/mol. The number of hydrogen-bond acceptors (Lipinski definition) is 3. The van der Waals surface area contributed by atoms with Crippen LogP contribution in [0.2, 0.25) is 5.02 Å². The normalized spacial score (nSPS) is 17.4. The topological polar surface area (TPSA) is 29.5 Å². The van der Waals surface area contributed by atoms with Gasteiger partial charge in [0.1, 0.15) is 0 Å². The maximum atomic E-state index is 12.0. The van der Waals surface area contributed by atoms with Crippen molar-refractivity contribution in [1.29, 1.82) is 0 Å². The van der Waals surface area contributed by atoms with Gasteiger partial charge >= 0.3 is 5.97 Å². The van der Waals surface area contributed by atoms with E-state index in [9.17, 15) is 4.79 Å². The lowest BCUT2D eigenvalue weighted by Crippen LogP contribution is -2.35. The third-order valence-electron chi connectivity index (χ3n) is 3.91. The van der Waals surface area contributed by atoms with Gasteiger partial charge in [0.15, 0.2) is 0 Å². The van der Waals surface area contributed by atoms with Crippen LogP contribution < -0.4 is 0 Å². The molecule has 1 aromatic rings. The summed E-state index contributed by atoms with van der Waals surface area (Å²) < 4.78 is 5.27. The zero-order chi connectivity index (χ0) is 15.1. The molecule has 1 fully saturated rings. The van der Waals surface area contributed by atoms with E-state index in [-0.39, 0.29) is 12.0 Å². The Labute approximate surface area is 132 Å². The minimum absolute atomic E-state index is 0.104. The van der Waals surface area contributed by atoms with Crippen molar-refractivity contribution in [3.05, 3.63) is 34.9 Å². The summed E-state index contributed by atoms with van der Waals surface area (Å²) >= 11 is 5.97.